The molecule has 26 heavy (non-hydrogen) atoms. The van der Waals surface area contributed by atoms with Gasteiger partial charge >= 0.3 is 5.97 Å². The average Bonchev–Trinajstić information content (AvgIpc) is 2.63. The maximum Gasteiger partial charge on any atom is 0.344 e. The SMILES string of the molecule is Cc1cc(OCC(=O)O[C@H](C)C(=O)NCCC2=CCCCC2)ccc1Cl. The lowest BCUT2D eigenvalue weighted by Crippen LogP contribution is -2.37. The molecule has 0 saturated carbocycles. The maximum absolute atomic E-state index is 12.0. The van der Waals surface area contributed by atoms with Crippen LogP contribution in [-0.4, -0.2) is 31.1 Å². The summed E-state index contributed by atoms with van der Waals surface area (Å²) in [6.07, 6.45) is 6.98. The van der Waals surface area contributed by atoms with E-state index < -0.39 is 12.1 Å². The molecule has 0 unspecified atom stereocenters. The van der Waals surface area contributed by atoms with Gasteiger partial charge in [-0.3, -0.25) is 4.79 Å². The molecule has 0 fully saturated rings. The van der Waals surface area contributed by atoms with E-state index in [1.165, 1.54) is 18.4 Å². The molecule has 0 heterocycles. The van der Waals surface area contributed by atoms with Gasteiger partial charge < -0.3 is 14.8 Å². The first-order chi connectivity index (χ1) is 12.5. The van der Waals surface area contributed by atoms with Gasteiger partial charge in [0.1, 0.15) is 5.75 Å². The van der Waals surface area contributed by atoms with Gasteiger partial charge in [-0.15, -0.1) is 0 Å². The molecule has 1 aliphatic rings. The molecule has 6 heteroatoms. The zero-order valence-corrected chi connectivity index (χ0v) is 16.1. The van der Waals surface area contributed by atoms with E-state index in [-0.39, 0.29) is 12.5 Å². The van der Waals surface area contributed by atoms with Crippen LogP contribution in [0.15, 0.2) is 29.8 Å². The van der Waals surface area contributed by atoms with Crippen molar-refractivity contribution in [3.63, 3.8) is 0 Å². The van der Waals surface area contributed by atoms with E-state index in [0.29, 0.717) is 17.3 Å². The fourth-order valence-electron chi connectivity index (χ4n) is 2.76. The summed E-state index contributed by atoms with van der Waals surface area (Å²) in [6.45, 7) is 3.71. The van der Waals surface area contributed by atoms with Gasteiger partial charge in [0.25, 0.3) is 5.91 Å². The van der Waals surface area contributed by atoms with Gasteiger partial charge in [-0.1, -0.05) is 23.3 Å². The first-order valence-corrected chi connectivity index (χ1v) is 9.37. The first-order valence-electron chi connectivity index (χ1n) is 9.00. The van der Waals surface area contributed by atoms with Crippen molar-refractivity contribution in [2.45, 2.75) is 52.1 Å². The monoisotopic (exact) mass is 379 g/mol. The second-order valence-corrected chi connectivity index (χ2v) is 6.89. The molecule has 0 spiro atoms. The predicted molar refractivity (Wildman–Crippen MR) is 101 cm³/mol. The zero-order chi connectivity index (χ0) is 18.9. The number of halogens is 1. The van der Waals surface area contributed by atoms with Crippen molar-refractivity contribution in [2.24, 2.45) is 0 Å². The van der Waals surface area contributed by atoms with E-state index in [9.17, 15) is 9.59 Å². The van der Waals surface area contributed by atoms with Gasteiger partial charge in [0.05, 0.1) is 0 Å². The molecule has 5 nitrogen and oxygen atoms in total. The van der Waals surface area contributed by atoms with Crippen molar-refractivity contribution < 1.29 is 19.1 Å². The Hall–Kier alpha value is -2.01. The van der Waals surface area contributed by atoms with Gasteiger partial charge in [-0.2, -0.15) is 0 Å². The Morgan fingerprint density at radius 3 is 2.81 bits per heavy atom. The Balaban J connectivity index is 1.67. The molecular weight excluding hydrogens is 354 g/mol. The highest BCUT2D eigenvalue weighted by Crippen LogP contribution is 2.21. The number of aryl methyl sites for hydroxylation is 1. The number of carbonyl (C=O) groups excluding carboxylic acids is 2. The fourth-order valence-corrected chi connectivity index (χ4v) is 2.87. The van der Waals surface area contributed by atoms with Gasteiger partial charge in [0.2, 0.25) is 0 Å². The fraction of sp³-hybridized carbons (Fsp3) is 0.500. The Labute approximate surface area is 159 Å². The summed E-state index contributed by atoms with van der Waals surface area (Å²) in [5.74, 6) is -0.353. The van der Waals surface area contributed by atoms with Crippen molar-refractivity contribution in [1.29, 1.82) is 0 Å². The van der Waals surface area contributed by atoms with Crippen LogP contribution in [0.25, 0.3) is 0 Å². The Morgan fingerprint density at radius 1 is 1.31 bits per heavy atom. The van der Waals surface area contributed by atoms with E-state index >= 15 is 0 Å². The third-order valence-electron chi connectivity index (χ3n) is 4.29. The van der Waals surface area contributed by atoms with Crippen molar-refractivity contribution >= 4 is 23.5 Å². The van der Waals surface area contributed by atoms with Gasteiger partial charge in [0.15, 0.2) is 12.7 Å². The van der Waals surface area contributed by atoms with Gasteiger partial charge in [-0.25, -0.2) is 4.79 Å². The third kappa shape index (κ3) is 6.71. The molecule has 0 saturated heterocycles. The molecule has 0 radical (unpaired) electrons. The molecule has 1 amide bonds. The van der Waals surface area contributed by atoms with Crippen LogP contribution in [0.2, 0.25) is 5.02 Å². The Bertz CT molecular complexity index is 672. The van der Waals surface area contributed by atoms with Crippen LogP contribution >= 0.6 is 11.6 Å². The lowest BCUT2D eigenvalue weighted by atomic mass is 9.97. The summed E-state index contributed by atoms with van der Waals surface area (Å²) in [5.41, 5.74) is 2.26. The normalized spacial score (nSPS) is 15.0. The van der Waals surface area contributed by atoms with Crippen LogP contribution in [0.5, 0.6) is 5.75 Å². The highest BCUT2D eigenvalue weighted by atomic mass is 35.5. The number of benzene rings is 1. The van der Waals surface area contributed by atoms with E-state index in [2.05, 4.69) is 11.4 Å². The molecule has 1 atom stereocenters. The minimum Gasteiger partial charge on any atom is -0.482 e. The number of allylic oxidation sites excluding steroid dienone is 1. The molecule has 0 aromatic heterocycles. The standard InChI is InChI=1S/C20H26ClNO4/c1-14-12-17(8-9-18(14)21)25-13-19(23)26-15(2)20(24)22-11-10-16-6-4-3-5-7-16/h6,8-9,12,15H,3-5,7,10-11,13H2,1-2H3,(H,22,24)/t15-/m1/s1. The topological polar surface area (TPSA) is 64.6 Å². The van der Waals surface area contributed by atoms with Crippen LogP contribution < -0.4 is 10.1 Å². The molecule has 1 aromatic rings. The Morgan fingerprint density at radius 2 is 2.12 bits per heavy atom. The number of carbonyl (C=O) groups is 2. The molecule has 1 aromatic carbocycles. The van der Waals surface area contributed by atoms with Crippen LogP contribution in [-0.2, 0) is 14.3 Å². The highest BCUT2D eigenvalue weighted by Gasteiger charge is 2.18. The minimum absolute atomic E-state index is 0.258. The summed E-state index contributed by atoms with van der Waals surface area (Å²) in [5, 5.41) is 3.44. The summed E-state index contributed by atoms with van der Waals surface area (Å²) in [6, 6.07) is 5.12. The van der Waals surface area contributed by atoms with Crippen molar-refractivity contribution in [3.8, 4) is 5.75 Å². The quantitative estimate of drug-likeness (QED) is 0.548. The van der Waals surface area contributed by atoms with Crippen molar-refractivity contribution in [1.82, 2.24) is 5.32 Å². The Kier molecular flexibility index (Phi) is 7.98. The smallest absolute Gasteiger partial charge is 0.344 e. The van der Waals surface area contributed by atoms with E-state index in [1.807, 2.05) is 6.92 Å². The van der Waals surface area contributed by atoms with Crippen molar-refractivity contribution in [2.75, 3.05) is 13.2 Å². The van der Waals surface area contributed by atoms with Crippen molar-refractivity contribution in [3.05, 3.63) is 40.4 Å². The van der Waals surface area contributed by atoms with Gasteiger partial charge in [-0.05, 0) is 69.7 Å². The average molecular weight is 380 g/mol. The van der Waals surface area contributed by atoms with Crippen LogP contribution in [0.1, 0.15) is 44.6 Å². The molecule has 0 aliphatic heterocycles. The number of ether oxygens (including phenoxy) is 2. The zero-order valence-electron chi connectivity index (χ0n) is 15.3. The largest absolute Gasteiger partial charge is 0.482 e. The summed E-state index contributed by atoms with van der Waals surface area (Å²) in [7, 11) is 0. The lowest BCUT2D eigenvalue weighted by molar-refractivity contribution is -0.156. The molecule has 0 bridgehead atoms. The molecule has 1 aliphatic carbocycles. The number of amides is 1. The summed E-state index contributed by atoms with van der Waals surface area (Å²) in [4.78, 5) is 23.9. The molecule has 142 valence electrons. The molecule has 1 N–H and O–H groups in total. The first kappa shape index (κ1) is 20.3. The van der Waals surface area contributed by atoms with E-state index in [1.54, 1.807) is 25.1 Å². The molecular formula is C20H26ClNO4. The van der Waals surface area contributed by atoms with E-state index in [4.69, 9.17) is 21.1 Å². The lowest BCUT2D eigenvalue weighted by Gasteiger charge is -2.16. The van der Waals surface area contributed by atoms with E-state index in [0.717, 1.165) is 24.8 Å². The molecule has 2 rings (SSSR count). The minimum atomic E-state index is -0.849. The second-order valence-electron chi connectivity index (χ2n) is 6.48. The summed E-state index contributed by atoms with van der Waals surface area (Å²) < 4.78 is 10.5. The second kappa shape index (κ2) is 10.2. The number of hydrogen-bond donors (Lipinski definition) is 1. The highest BCUT2D eigenvalue weighted by molar-refractivity contribution is 6.31. The predicted octanol–water partition coefficient (Wildman–Crippen LogP) is 3.97. The number of esters is 1. The van der Waals surface area contributed by atoms with Crippen LogP contribution in [0, 0.1) is 6.92 Å². The third-order valence-corrected chi connectivity index (χ3v) is 4.72. The van der Waals surface area contributed by atoms with Crippen LogP contribution in [0.4, 0.5) is 0 Å². The number of nitrogens with one attached hydrogen (secondary N) is 1. The number of hydrogen-bond acceptors (Lipinski definition) is 4. The number of rotatable bonds is 8. The maximum atomic E-state index is 12.0. The van der Waals surface area contributed by atoms with Gasteiger partial charge in [0, 0.05) is 11.6 Å². The summed E-state index contributed by atoms with van der Waals surface area (Å²) >= 11 is 5.94. The van der Waals surface area contributed by atoms with Crippen LogP contribution in [0.3, 0.4) is 0 Å².